The second kappa shape index (κ2) is 4.14. The topological polar surface area (TPSA) is 49.3 Å². The summed E-state index contributed by atoms with van der Waals surface area (Å²) in [5.74, 6) is 1.32. The van der Waals surface area contributed by atoms with Gasteiger partial charge in [-0.2, -0.15) is 0 Å². The summed E-state index contributed by atoms with van der Waals surface area (Å²) in [6.07, 6.45) is 2.73. The van der Waals surface area contributed by atoms with Crippen LogP contribution >= 0.6 is 0 Å². The van der Waals surface area contributed by atoms with Crippen molar-refractivity contribution >= 4 is 11.5 Å². The molecule has 2 heterocycles. The number of aliphatic hydroxyl groups excluding tert-OH is 1. The van der Waals surface area contributed by atoms with Crippen molar-refractivity contribution in [1.29, 1.82) is 0 Å². The molecule has 1 N–H and O–H groups in total. The van der Waals surface area contributed by atoms with Gasteiger partial charge in [-0.15, -0.1) is 0 Å². The molecule has 17 heavy (non-hydrogen) atoms. The van der Waals surface area contributed by atoms with Crippen molar-refractivity contribution < 1.29 is 5.11 Å². The third-order valence-corrected chi connectivity index (χ3v) is 3.00. The second-order valence-electron chi connectivity index (χ2n) is 4.02. The molecule has 0 aliphatic carbocycles. The standard InChI is InChI=1S/C13H13N3O/c17-9-12-14-7-5-13(15-12)16-8-6-10-3-1-2-4-11(10)16/h1-5,7,17H,6,8-9H2. The molecule has 0 saturated heterocycles. The van der Waals surface area contributed by atoms with Crippen molar-refractivity contribution in [3.05, 3.63) is 47.9 Å². The smallest absolute Gasteiger partial charge is 0.156 e. The molecular formula is C13H13N3O. The molecule has 0 fully saturated rings. The molecule has 0 spiro atoms. The van der Waals surface area contributed by atoms with Gasteiger partial charge in [0.25, 0.3) is 0 Å². The van der Waals surface area contributed by atoms with Crippen LogP contribution in [0.1, 0.15) is 11.4 Å². The molecule has 1 aromatic carbocycles. The van der Waals surface area contributed by atoms with Crippen LogP contribution in [-0.4, -0.2) is 21.6 Å². The third kappa shape index (κ3) is 1.76. The maximum Gasteiger partial charge on any atom is 0.156 e. The van der Waals surface area contributed by atoms with E-state index in [0.717, 1.165) is 18.8 Å². The summed E-state index contributed by atoms with van der Waals surface area (Å²) in [4.78, 5) is 10.5. The van der Waals surface area contributed by atoms with Gasteiger partial charge in [0, 0.05) is 18.4 Å². The summed E-state index contributed by atoms with van der Waals surface area (Å²) in [5, 5.41) is 9.06. The highest BCUT2D eigenvalue weighted by molar-refractivity contribution is 5.67. The molecule has 2 aromatic rings. The molecule has 3 rings (SSSR count). The molecule has 1 aliphatic rings. The number of aliphatic hydroxyl groups is 1. The Kier molecular flexibility index (Phi) is 2.49. The maximum absolute atomic E-state index is 9.06. The van der Waals surface area contributed by atoms with E-state index in [0.29, 0.717) is 5.82 Å². The Morgan fingerprint density at radius 2 is 2.12 bits per heavy atom. The van der Waals surface area contributed by atoms with Crippen LogP contribution in [0.25, 0.3) is 0 Å². The van der Waals surface area contributed by atoms with Gasteiger partial charge >= 0.3 is 0 Å². The lowest BCUT2D eigenvalue weighted by Gasteiger charge is -2.18. The Bertz CT molecular complexity index is 542. The van der Waals surface area contributed by atoms with Gasteiger partial charge in [-0.1, -0.05) is 18.2 Å². The lowest BCUT2D eigenvalue weighted by molar-refractivity contribution is 0.271. The summed E-state index contributed by atoms with van der Waals surface area (Å²) in [6.45, 7) is 0.810. The minimum absolute atomic E-state index is 0.122. The van der Waals surface area contributed by atoms with Crippen LogP contribution < -0.4 is 4.90 Å². The van der Waals surface area contributed by atoms with Gasteiger partial charge in [0.2, 0.25) is 0 Å². The summed E-state index contributed by atoms with van der Waals surface area (Å²) in [7, 11) is 0. The summed E-state index contributed by atoms with van der Waals surface area (Å²) >= 11 is 0. The van der Waals surface area contributed by atoms with Crippen LogP contribution in [-0.2, 0) is 13.0 Å². The van der Waals surface area contributed by atoms with Crippen molar-refractivity contribution in [2.45, 2.75) is 13.0 Å². The van der Waals surface area contributed by atoms with Crippen molar-refractivity contribution in [2.75, 3.05) is 11.4 Å². The fourth-order valence-electron chi connectivity index (χ4n) is 2.19. The number of para-hydroxylation sites is 1. The Labute approximate surface area is 99.6 Å². The van der Waals surface area contributed by atoms with Crippen LogP contribution in [0.15, 0.2) is 36.5 Å². The van der Waals surface area contributed by atoms with E-state index < -0.39 is 0 Å². The number of aromatic nitrogens is 2. The molecule has 86 valence electrons. The normalized spacial score (nSPS) is 13.8. The molecule has 0 radical (unpaired) electrons. The van der Waals surface area contributed by atoms with Crippen molar-refractivity contribution in [2.24, 2.45) is 0 Å². The molecular weight excluding hydrogens is 214 g/mol. The average Bonchev–Trinajstić information content (AvgIpc) is 2.82. The first-order valence-corrected chi connectivity index (χ1v) is 5.67. The lowest BCUT2D eigenvalue weighted by Crippen LogP contribution is -2.15. The van der Waals surface area contributed by atoms with E-state index in [4.69, 9.17) is 5.11 Å². The molecule has 0 saturated carbocycles. The monoisotopic (exact) mass is 227 g/mol. The Morgan fingerprint density at radius 3 is 3.00 bits per heavy atom. The fourth-order valence-corrected chi connectivity index (χ4v) is 2.19. The molecule has 0 atom stereocenters. The fraction of sp³-hybridized carbons (Fsp3) is 0.231. The molecule has 4 heteroatoms. The maximum atomic E-state index is 9.06. The van der Waals surface area contributed by atoms with Crippen LogP contribution in [0.4, 0.5) is 11.5 Å². The lowest BCUT2D eigenvalue weighted by atomic mass is 10.2. The predicted molar refractivity (Wildman–Crippen MR) is 65.1 cm³/mol. The van der Waals surface area contributed by atoms with E-state index in [1.165, 1.54) is 11.3 Å². The largest absolute Gasteiger partial charge is 0.388 e. The number of hydrogen-bond acceptors (Lipinski definition) is 4. The zero-order chi connectivity index (χ0) is 11.7. The Hall–Kier alpha value is -1.94. The van der Waals surface area contributed by atoms with Crippen LogP contribution in [0.3, 0.4) is 0 Å². The van der Waals surface area contributed by atoms with Crippen LogP contribution in [0.5, 0.6) is 0 Å². The molecule has 4 nitrogen and oxygen atoms in total. The first kappa shape index (κ1) is 10.2. The predicted octanol–water partition coefficient (Wildman–Crippen LogP) is 1.66. The van der Waals surface area contributed by atoms with Crippen LogP contribution in [0, 0.1) is 0 Å². The van der Waals surface area contributed by atoms with Crippen molar-refractivity contribution in [1.82, 2.24) is 9.97 Å². The zero-order valence-electron chi connectivity index (χ0n) is 9.37. The molecule has 1 aromatic heterocycles. The Morgan fingerprint density at radius 1 is 1.24 bits per heavy atom. The van der Waals surface area contributed by atoms with E-state index in [9.17, 15) is 0 Å². The van der Waals surface area contributed by atoms with Gasteiger partial charge in [-0.3, -0.25) is 0 Å². The summed E-state index contributed by atoms with van der Waals surface area (Å²) < 4.78 is 0. The van der Waals surface area contributed by atoms with E-state index in [2.05, 4.69) is 33.1 Å². The van der Waals surface area contributed by atoms with Gasteiger partial charge in [0.1, 0.15) is 12.4 Å². The number of fused-ring (bicyclic) bond motifs is 1. The number of rotatable bonds is 2. The van der Waals surface area contributed by atoms with Gasteiger partial charge in [-0.25, -0.2) is 9.97 Å². The quantitative estimate of drug-likeness (QED) is 0.847. The average molecular weight is 227 g/mol. The molecule has 1 aliphatic heterocycles. The van der Waals surface area contributed by atoms with E-state index in [1.54, 1.807) is 6.20 Å². The third-order valence-electron chi connectivity index (χ3n) is 3.00. The molecule has 0 unspecified atom stereocenters. The highest BCUT2D eigenvalue weighted by Gasteiger charge is 2.20. The van der Waals surface area contributed by atoms with Gasteiger partial charge in [0.05, 0.1) is 0 Å². The minimum atomic E-state index is -0.122. The number of hydrogen-bond donors (Lipinski definition) is 1. The van der Waals surface area contributed by atoms with E-state index in [-0.39, 0.29) is 6.61 Å². The summed E-state index contributed by atoms with van der Waals surface area (Å²) in [5.41, 5.74) is 2.55. The second-order valence-corrected chi connectivity index (χ2v) is 4.02. The van der Waals surface area contributed by atoms with E-state index >= 15 is 0 Å². The first-order chi connectivity index (χ1) is 8.38. The number of benzene rings is 1. The summed E-state index contributed by atoms with van der Waals surface area (Å²) in [6, 6.07) is 10.2. The van der Waals surface area contributed by atoms with Crippen LogP contribution in [0.2, 0.25) is 0 Å². The van der Waals surface area contributed by atoms with E-state index in [1.807, 2.05) is 12.1 Å². The van der Waals surface area contributed by atoms with Gasteiger partial charge in [-0.05, 0) is 24.1 Å². The molecule has 0 bridgehead atoms. The van der Waals surface area contributed by atoms with Gasteiger partial charge in [0.15, 0.2) is 5.82 Å². The minimum Gasteiger partial charge on any atom is -0.388 e. The number of anilines is 2. The van der Waals surface area contributed by atoms with Gasteiger partial charge < -0.3 is 10.0 Å². The highest BCUT2D eigenvalue weighted by Crippen LogP contribution is 2.32. The SMILES string of the molecule is OCc1nccc(N2CCc3ccccc32)n1. The van der Waals surface area contributed by atoms with Crippen molar-refractivity contribution in [3.63, 3.8) is 0 Å². The number of nitrogens with zero attached hydrogens (tertiary/aromatic N) is 3. The first-order valence-electron chi connectivity index (χ1n) is 5.67. The zero-order valence-corrected chi connectivity index (χ0v) is 9.37. The highest BCUT2D eigenvalue weighted by atomic mass is 16.3. The Balaban J connectivity index is 2.01. The van der Waals surface area contributed by atoms with Crippen molar-refractivity contribution in [3.8, 4) is 0 Å². The molecule has 0 amide bonds.